The van der Waals surface area contributed by atoms with Gasteiger partial charge in [-0.1, -0.05) is 17.3 Å². The van der Waals surface area contributed by atoms with Crippen molar-refractivity contribution in [3.8, 4) is 5.75 Å². The molecule has 0 saturated carbocycles. The second-order valence-electron chi connectivity index (χ2n) is 5.26. The first-order valence-corrected chi connectivity index (χ1v) is 8.69. The van der Waals surface area contributed by atoms with Crippen molar-refractivity contribution < 1.29 is 21.9 Å². The van der Waals surface area contributed by atoms with Crippen LogP contribution in [0.2, 0.25) is 0 Å². The third kappa shape index (κ3) is 3.18. The lowest BCUT2D eigenvalue weighted by atomic mass is 10.2. The summed E-state index contributed by atoms with van der Waals surface area (Å²) < 4.78 is 40.8. The SMILES string of the molecule is Cc1noc(C)c1S(=O)(=O)Oc1ccccc1N1CCOCC1. The Morgan fingerprint density at radius 2 is 1.87 bits per heavy atom. The quantitative estimate of drug-likeness (QED) is 0.787. The highest BCUT2D eigenvalue weighted by atomic mass is 32.2. The predicted molar refractivity (Wildman–Crippen MR) is 83.3 cm³/mol. The van der Waals surface area contributed by atoms with Crippen molar-refractivity contribution in [2.75, 3.05) is 31.2 Å². The van der Waals surface area contributed by atoms with Gasteiger partial charge in [0.05, 0.1) is 18.9 Å². The lowest BCUT2D eigenvalue weighted by Crippen LogP contribution is -2.36. The van der Waals surface area contributed by atoms with Gasteiger partial charge in [-0.3, -0.25) is 0 Å². The van der Waals surface area contributed by atoms with Crippen LogP contribution in [-0.2, 0) is 14.9 Å². The van der Waals surface area contributed by atoms with E-state index < -0.39 is 10.1 Å². The van der Waals surface area contributed by atoms with Gasteiger partial charge in [0, 0.05) is 13.1 Å². The van der Waals surface area contributed by atoms with Crippen LogP contribution in [-0.4, -0.2) is 39.9 Å². The summed E-state index contributed by atoms with van der Waals surface area (Å²) in [7, 11) is -4.01. The van der Waals surface area contributed by atoms with E-state index >= 15 is 0 Å². The molecule has 0 radical (unpaired) electrons. The Bertz CT molecular complexity index is 774. The molecule has 0 N–H and O–H groups in total. The molecule has 124 valence electrons. The molecule has 0 spiro atoms. The van der Waals surface area contributed by atoms with Crippen molar-refractivity contribution in [3.05, 3.63) is 35.7 Å². The molecule has 2 heterocycles. The van der Waals surface area contributed by atoms with Crippen LogP contribution in [0.4, 0.5) is 5.69 Å². The van der Waals surface area contributed by atoms with E-state index in [4.69, 9.17) is 13.4 Å². The van der Waals surface area contributed by atoms with E-state index in [0.717, 1.165) is 5.69 Å². The second kappa shape index (κ2) is 6.21. The Hall–Kier alpha value is -2.06. The number of ether oxygens (including phenoxy) is 1. The van der Waals surface area contributed by atoms with Gasteiger partial charge < -0.3 is 18.3 Å². The molecule has 3 rings (SSSR count). The molecule has 1 aromatic carbocycles. The van der Waals surface area contributed by atoms with Crippen molar-refractivity contribution in [1.29, 1.82) is 0 Å². The zero-order chi connectivity index (χ0) is 16.4. The fourth-order valence-electron chi connectivity index (χ4n) is 2.58. The van der Waals surface area contributed by atoms with Gasteiger partial charge >= 0.3 is 10.1 Å². The molecule has 0 amide bonds. The van der Waals surface area contributed by atoms with Crippen molar-refractivity contribution in [1.82, 2.24) is 5.16 Å². The summed E-state index contributed by atoms with van der Waals surface area (Å²) >= 11 is 0. The number of aromatic nitrogens is 1. The first-order valence-electron chi connectivity index (χ1n) is 7.28. The molecular formula is C15H18N2O5S. The molecule has 7 nitrogen and oxygen atoms in total. The molecule has 1 aliphatic rings. The van der Waals surface area contributed by atoms with E-state index in [9.17, 15) is 8.42 Å². The summed E-state index contributed by atoms with van der Waals surface area (Å²) in [5.41, 5.74) is 1.01. The van der Waals surface area contributed by atoms with Crippen LogP contribution in [0.1, 0.15) is 11.5 Å². The fourth-order valence-corrected chi connectivity index (χ4v) is 3.83. The van der Waals surface area contributed by atoms with Gasteiger partial charge in [-0.2, -0.15) is 8.42 Å². The highest BCUT2D eigenvalue weighted by Crippen LogP contribution is 2.32. The Balaban J connectivity index is 1.94. The van der Waals surface area contributed by atoms with E-state index in [1.54, 1.807) is 26.0 Å². The molecule has 8 heteroatoms. The fraction of sp³-hybridized carbons (Fsp3) is 0.400. The Kier molecular flexibility index (Phi) is 4.27. The zero-order valence-corrected chi connectivity index (χ0v) is 13.8. The van der Waals surface area contributed by atoms with Gasteiger partial charge in [-0.15, -0.1) is 0 Å². The highest BCUT2D eigenvalue weighted by Gasteiger charge is 2.28. The van der Waals surface area contributed by atoms with E-state index in [2.05, 4.69) is 5.16 Å². The van der Waals surface area contributed by atoms with E-state index in [-0.39, 0.29) is 22.1 Å². The molecule has 23 heavy (non-hydrogen) atoms. The molecule has 0 aliphatic carbocycles. The van der Waals surface area contributed by atoms with Gasteiger partial charge in [0.1, 0.15) is 5.69 Å². The number of para-hydroxylation sites is 2. The van der Waals surface area contributed by atoms with Crippen LogP contribution in [0.3, 0.4) is 0 Å². The number of hydrogen-bond acceptors (Lipinski definition) is 7. The van der Waals surface area contributed by atoms with Gasteiger partial charge in [-0.25, -0.2) is 0 Å². The molecule has 1 fully saturated rings. The molecule has 1 aliphatic heterocycles. The number of aryl methyl sites for hydroxylation is 2. The molecule has 0 atom stereocenters. The normalized spacial score (nSPS) is 15.7. The zero-order valence-electron chi connectivity index (χ0n) is 13.0. The number of hydrogen-bond donors (Lipinski definition) is 0. The van der Waals surface area contributed by atoms with E-state index in [0.29, 0.717) is 26.3 Å². The number of benzene rings is 1. The Morgan fingerprint density at radius 3 is 2.52 bits per heavy atom. The van der Waals surface area contributed by atoms with Crippen LogP contribution in [0.15, 0.2) is 33.7 Å². The van der Waals surface area contributed by atoms with Gasteiger partial charge in [0.2, 0.25) is 0 Å². The monoisotopic (exact) mass is 338 g/mol. The third-order valence-electron chi connectivity index (χ3n) is 3.63. The van der Waals surface area contributed by atoms with Crippen LogP contribution < -0.4 is 9.08 Å². The minimum Gasteiger partial charge on any atom is -0.378 e. The Labute approximate surface area is 134 Å². The highest BCUT2D eigenvalue weighted by molar-refractivity contribution is 7.87. The van der Waals surface area contributed by atoms with Crippen LogP contribution in [0.5, 0.6) is 5.75 Å². The lowest BCUT2D eigenvalue weighted by molar-refractivity contribution is 0.122. The maximum atomic E-state index is 12.6. The summed E-state index contributed by atoms with van der Waals surface area (Å²) in [5.74, 6) is 0.501. The van der Waals surface area contributed by atoms with Gasteiger partial charge in [0.15, 0.2) is 16.4 Å². The first kappa shape index (κ1) is 15.8. The third-order valence-corrected chi connectivity index (χ3v) is 5.12. The maximum absolute atomic E-state index is 12.6. The number of nitrogens with zero attached hydrogens (tertiary/aromatic N) is 2. The summed E-state index contributed by atoms with van der Waals surface area (Å²) in [6.45, 7) is 5.69. The van der Waals surface area contributed by atoms with Crippen LogP contribution in [0, 0.1) is 13.8 Å². The maximum Gasteiger partial charge on any atom is 0.344 e. The number of morpholine rings is 1. The minimum absolute atomic E-state index is 0.0192. The van der Waals surface area contributed by atoms with Gasteiger partial charge in [0.25, 0.3) is 0 Å². The topological polar surface area (TPSA) is 81.9 Å². The largest absolute Gasteiger partial charge is 0.378 e. The van der Waals surface area contributed by atoms with Crippen LogP contribution >= 0.6 is 0 Å². The van der Waals surface area contributed by atoms with Crippen molar-refractivity contribution in [3.63, 3.8) is 0 Å². The number of rotatable bonds is 4. The second-order valence-corrected chi connectivity index (χ2v) is 6.74. The molecule has 1 saturated heterocycles. The predicted octanol–water partition coefficient (Wildman–Crippen LogP) is 1.90. The van der Waals surface area contributed by atoms with E-state index in [1.807, 2.05) is 17.0 Å². The average Bonchev–Trinajstić information content (AvgIpc) is 2.88. The summed E-state index contributed by atoms with van der Waals surface area (Å²) in [6.07, 6.45) is 0. The van der Waals surface area contributed by atoms with Crippen LogP contribution in [0.25, 0.3) is 0 Å². The smallest absolute Gasteiger partial charge is 0.344 e. The van der Waals surface area contributed by atoms with Crippen molar-refractivity contribution in [2.45, 2.75) is 18.7 Å². The summed E-state index contributed by atoms with van der Waals surface area (Å²) in [6, 6.07) is 7.06. The molecule has 2 aromatic rings. The standard InChI is InChI=1S/C15H18N2O5S/c1-11-15(12(2)21-16-11)23(18,19)22-14-6-4-3-5-13(14)17-7-9-20-10-8-17/h3-6H,7-10H2,1-2H3. The van der Waals surface area contributed by atoms with E-state index in [1.165, 1.54) is 0 Å². The van der Waals surface area contributed by atoms with Gasteiger partial charge in [-0.05, 0) is 26.0 Å². The van der Waals surface area contributed by atoms with Crippen molar-refractivity contribution in [2.24, 2.45) is 0 Å². The summed E-state index contributed by atoms with van der Waals surface area (Å²) in [5, 5.41) is 3.68. The summed E-state index contributed by atoms with van der Waals surface area (Å²) in [4.78, 5) is 2.02. The minimum atomic E-state index is -4.01. The molecule has 0 bridgehead atoms. The lowest BCUT2D eigenvalue weighted by Gasteiger charge is -2.29. The molecule has 1 aromatic heterocycles. The molecular weight excluding hydrogens is 320 g/mol. The Morgan fingerprint density at radius 1 is 1.17 bits per heavy atom. The first-order chi connectivity index (χ1) is 11.0. The number of anilines is 1. The molecule has 0 unspecified atom stereocenters. The average molecular weight is 338 g/mol. The van der Waals surface area contributed by atoms with Crippen molar-refractivity contribution >= 4 is 15.8 Å².